The van der Waals surface area contributed by atoms with Gasteiger partial charge in [-0.15, -0.1) is 0 Å². The molecule has 304 valence electrons. The predicted octanol–water partition coefficient (Wildman–Crippen LogP) is 16.8. The van der Waals surface area contributed by atoms with Gasteiger partial charge in [-0.25, -0.2) is 0 Å². The first-order valence-electron chi connectivity index (χ1n) is 22.2. The van der Waals surface area contributed by atoms with Gasteiger partial charge in [0.25, 0.3) is 0 Å². The minimum absolute atomic E-state index is 1.00. The molecule has 0 aromatic heterocycles. The van der Waals surface area contributed by atoms with Crippen molar-refractivity contribution in [3.63, 3.8) is 0 Å². The van der Waals surface area contributed by atoms with Crippen molar-refractivity contribution in [2.75, 3.05) is 0 Å². The lowest BCUT2D eigenvalue weighted by Gasteiger charge is -2.31. The van der Waals surface area contributed by atoms with Crippen molar-refractivity contribution in [1.29, 1.82) is 0 Å². The molecule has 0 unspecified atom stereocenters. The van der Waals surface area contributed by atoms with Crippen LogP contribution < -0.4 is 0 Å². The Hall–Kier alpha value is -4.68. The van der Waals surface area contributed by atoms with Crippen LogP contribution in [0, 0.1) is 152 Å². The summed E-state index contributed by atoms with van der Waals surface area (Å²) in [4.78, 5) is 0. The molecule has 7 aromatic carbocycles. The SMILES string of the molecule is Cc1c(C)c(C)c2c(c1C)Cc1c(C)c(C)c(C)c(-c3c4c(C)c(C)c(C)c(C)c4c(-c4c(C)c(C)c(C)c5c(C)c(C)c(C)c(C)c45)c4c(C)c(C)c(C)c(C)c34)c1-2. The normalized spacial score (nSPS) is 12.5. The van der Waals surface area contributed by atoms with Gasteiger partial charge >= 0.3 is 0 Å². The maximum absolute atomic E-state index is 2.44. The van der Waals surface area contributed by atoms with Crippen molar-refractivity contribution in [1.82, 2.24) is 0 Å². The number of aryl methyl sites for hydroxylation is 7. The van der Waals surface area contributed by atoms with Crippen molar-refractivity contribution in [3.8, 4) is 33.4 Å². The molecule has 0 spiro atoms. The summed E-state index contributed by atoms with van der Waals surface area (Å²) in [6.45, 7) is 52.6. The fourth-order valence-corrected chi connectivity index (χ4v) is 12.0. The van der Waals surface area contributed by atoms with E-state index in [1.807, 2.05) is 0 Å². The molecular weight excluding hydrogens is 709 g/mol. The molecule has 0 amide bonds. The van der Waals surface area contributed by atoms with E-state index in [0.29, 0.717) is 0 Å². The van der Waals surface area contributed by atoms with Crippen molar-refractivity contribution in [2.24, 2.45) is 0 Å². The lowest BCUT2D eigenvalue weighted by molar-refractivity contribution is 1.12. The van der Waals surface area contributed by atoms with E-state index in [9.17, 15) is 0 Å². The largest absolute Gasteiger partial charge is 0.0447 e. The van der Waals surface area contributed by atoms with Gasteiger partial charge in [-0.2, -0.15) is 0 Å². The molecule has 0 saturated heterocycles. The summed E-state index contributed by atoms with van der Waals surface area (Å²) in [7, 11) is 0. The van der Waals surface area contributed by atoms with Gasteiger partial charge in [0.15, 0.2) is 0 Å². The predicted molar refractivity (Wildman–Crippen MR) is 262 cm³/mol. The molecule has 0 aliphatic heterocycles. The summed E-state index contributed by atoms with van der Waals surface area (Å²) in [5.41, 5.74) is 43.2. The van der Waals surface area contributed by atoms with E-state index in [1.54, 1.807) is 0 Å². The molecule has 8 rings (SSSR count). The molecule has 0 bridgehead atoms. The second-order valence-corrected chi connectivity index (χ2v) is 19.4. The number of rotatable bonds is 2. The fourth-order valence-electron chi connectivity index (χ4n) is 12.0. The lowest BCUT2D eigenvalue weighted by Crippen LogP contribution is -2.08. The number of hydrogen-bond acceptors (Lipinski definition) is 0. The molecular formula is C59H68. The Labute approximate surface area is 356 Å². The third kappa shape index (κ3) is 5.02. The Balaban J connectivity index is 1.80. The molecule has 0 atom stereocenters. The highest BCUT2D eigenvalue weighted by Crippen LogP contribution is 2.58. The van der Waals surface area contributed by atoms with E-state index in [4.69, 9.17) is 0 Å². The van der Waals surface area contributed by atoms with E-state index in [1.165, 1.54) is 199 Å². The maximum Gasteiger partial charge on any atom is -0.000766 e. The molecule has 0 heterocycles. The van der Waals surface area contributed by atoms with Gasteiger partial charge < -0.3 is 0 Å². The molecule has 0 heteroatoms. The highest BCUT2D eigenvalue weighted by atomic mass is 14.4. The van der Waals surface area contributed by atoms with Gasteiger partial charge in [0, 0.05) is 0 Å². The second-order valence-electron chi connectivity index (χ2n) is 19.4. The molecule has 0 radical (unpaired) electrons. The first kappa shape index (κ1) is 41.1. The minimum Gasteiger partial charge on any atom is -0.0447 e. The first-order valence-corrected chi connectivity index (χ1v) is 22.2. The minimum atomic E-state index is 1.00. The molecule has 1 aliphatic carbocycles. The van der Waals surface area contributed by atoms with Crippen molar-refractivity contribution in [3.05, 3.63) is 134 Å². The van der Waals surface area contributed by atoms with Crippen LogP contribution in [-0.4, -0.2) is 0 Å². The van der Waals surface area contributed by atoms with Crippen LogP contribution in [-0.2, 0) is 6.42 Å². The fraction of sp³-hybridized carbons (Fsp3) is 0.390. The molecule has 0 nitrogen and oxygen atoms in total. The number of hydrogen-bond donors (Lipinski definition) is 0. The van der Waals surface area contributed by atoms with Gasteiger partial charge in [0.2, 0.25) is 0 Å². The highest BCUT2D eigenvalue weighted by molar-refractivity contribution is 6.29. The van der Waals surface area contributed by atoms with Crippen molar-refractivity contribution in [2.45, 2.75) is 159 Å². The van der Waals surface area contributed by atoms with Gasteiger partial charge in [0.1, 0.15) is 0 Å². The average molecular weight is 777 g/mol. The second kappa shape index (κ2) is 13.4. The summed E-state index contributed by atoms with van der Waals surface area (Å²) >= 11 is 0. The third-order valence-corrected chi connectivity index (χ3v) is 17.6. The van der Waals surface area contributed by atoms with Gasteiger partial charge in [-0.05, 0) is 358 Å². The number of fused-ring (bicyclic) bond motifs is 6. The summed E-state index contributed by atoms with van der Waals surface area (Å²) in [6.07, 6.45) is 1.00. The van der Waals surface area contributed by atoms with Crippen LogP contribution in [0.5, 0.6) is 0 Å². The molecule has 1 aliphatic rings. The monoisotopic (exact) mass is 777 g/mol. The molecule has 59 heavy (non-hydrogen) atoms. The smallest absolute Gasteiger partial charge is 0.000766 e. The number of benzene rings is 7. The Morgan fingerprint density at radius 1 is 0.153 bits per heavy atom. The zero-order chi connectivity index (χ0) is 43.5. The van der Waals surface area contributed by atoms with Crippen LogP contribution in [0.4, 0.5) is 0 Å². The average Bonchev–Trinajstić information content (AvgIpc) is 3.61. The van der Waals surface area contributed by atoms with Gasteiger partial charge in [0.05, 0.1) is 0 Å². The zero-order valence-electron chi connectivity index (χ0n) is 40.7. The Morgan fingerprint density at radius 2 is 0.373 bits per heavy atom. The molecule has 7 aromatic rings. The summed E-state index contributed by atoms with van der Waals surface area (Å²) in [6, 6.07) is 0. The molecule has 0 fully saturated rings. The van der Waals surface area contributed by atoms with Crippen LogP contribution in [0.25, 0.3) is 65.7 Å². The standard InChI is InChI=1S/C59H68/c1-24-25(2)38(15)49-46(34(24)11)23-47-35(12)32(9)44(21)56(57(47)49)59-54-42(19)30(7)28(5)40(17)52(54)58(53-41(18)29(6)31(8)43(20)55(53)59)51-45(22)33(10)37(14)48-36(13)26(3)27(4)39(16)50(48)51/h23H2,1-22H3. The third-order valence-electron chi connectivity index (χ3n) is 17.6. The van der Waals surface area contributed by atoms with E-state index in [2.05, 4.69) is 152 Å². The quantitative estimate of drug-likeness (QED) is 0.153. The van der Waals surface area contributed by atoms with Gasteiger partial charge in [-0.3, -0.25) is 0 Å². The first-order chi connectivity index (χ1) is 27.5. The Morgan fingerprint density at radius 3 is 0.763 bits per heavy atom. The maximum atomic E-state index is 2.44. The van der Waals surface area contributed by atoms with E-state index in [-0.39, 0.29) is 0 Å². The summed E-state index contributed by atoms with van der Waals surface area (Å²) in [5, 5.41) is 8.67. The van der Waals surface area contributed by atoms with Crippen LogP contribution in [0.15, 0.2) is 0 Å². The lowest BCUT2D eigenvalue weighted by atomic mass is 9.72. The van der Waals surface area contributed by atoms with E-state index in [0.717, 1.165) is 6.42 Å². The van der Waals surface area contributed by atoms with Crippen LogP contribution in [0.1, 0.15) is 134 Å². The topological polar surface area (TPSA) is 0 Å². The van der Waals surface area contributed by atoms with Crippen LogP contribution in [0.2, 0.25) is 0 Å². The molecule has 0 N–H and O–H groups in total. The molecule has 0 saturated carbocycles. The van der Waals surface area contributed by atoms with Gasteiger partial charge in [-0.1, -0.05) is 0 Å². The summed E-state index contributed by atoms with van der Waals surface area (Å²) < 4.78 is 0. The summed E-state index contributed by atoms with van der Waals surface area (Å²) in [5.74, 6) is 0. The zero-order valence-corrected chi connectivity index (χ0v) is 40.7. The van der Waals surface area contributed by atoms with Crippen LogP contribution >= 0.6 is 0 Å². The van der Waals surface area contributed by atoms with Crippen molar-refractivity contribution < 1.29 is 0 Å². The van der Waals surface area contributed by atoms with E-state index >= 15 is 0 Å². The Bertz CT molecular complexity index is 3060. The highest BCUT2D eigenvalue weighted by Gasteiger charge is 2.35. The van der Waals surface area contributed by atoms with Crippen LogP contribution in [0.3, 0.4) is 0 Å². The van der Waals surface area contributed by atoms with E-state index < -0.39 is 0 Å². The van der Waals surface area contributed by atoms with Crippen molar-refractivity contribution >= 4 is 32.3 Å². The Kier molecular flexibility index (Phi) is 9.34.